The molecule has 0 bridgehead atoms. The molecule has 0 aliphatic carbocycles. The van der Waals surface area contributed by atoms with E-state index in [1.807, 2.05) is 6.07 Å². The van der Waals surface area contributed by atoms with Crippen molar-refractivity contribution in [1.82, 2.24) is 10.2 Å². The molecule has 2 saturated heterocycles. The van der Waals surface area contributed by atoms with Crippen molar-refractivity contribution in [2.24, 2.45) is 17.6 Å². The maximum absolute atomic E-state index is 13.3. The molecule has 10 heteroatoms. The van der Waals surface area contributed by atoms with Crippen LogP contribution in [0, 0.1) is 17.2 Å². The van der Waals surface area contributed by atoms with Crippen LogP contribution in [0.2, 0.25) is 0 Å². The van der Waals surface area contributed by atoms with E-state index in [0.29, 0.717) is 17.1 Å². The number of imide groups is 1. The number of aliphatic hydroxyl groups excluding tert-OH is 1. The summed E-state index contributed by atoms with van der Waals surface area (Å²) in [5, 5.41) is 20.6. The Morgan fingerprint density at radius 1 is 1.09 bits per heavy atom. The van der Waals surface area contributed by atoms with Crippen molar-refractivity contribution in [3.05, 3.63) is 59.2 Å². The smallest absolute Gasteiger partial charge is 0.235 e. The van der Waals surface area contributed by atoms with Crippen LogP contribution in [0.1, 0.15) is 22.7 Å². The number of amides is 2. The minimum Gasteiger partial charge on any atom is -0.454 e. The number of aliphatic hydroxyl groups is 1. The lowest BCUT2D eigenvalue weighted by Gasteiger charge is -2.22. The molecule has 0 spiro atoms. The van der Waals surface area contributed by atoms with Gasteiger partial charge in [-0.2, -0.15) is 0 Å². The molecule has 0 aromatic heterocycles. The highest BCUT2D eigenvalue weighted by Crippen LogP contribution is 2.44. The molecule has 32 heavy (non-hydrogen) atoms. The summed E-state index contributed by atoms with van der Waals surface area (Å²) < 4.78 is 10.7. The third-order valence-corrected chi connectivity index (χ3v) is 6.23. The summed E-state index contributed by atoms with van der Waals surface area (Å²) in [7, 11) is 0. The van der Waals surface area contributed by atoms with Gasteiger partial charge >= 0.3 is 0 Å². The van der Waals surface area contributed by atoms with Gasteiger partial charge in [0.25, 0.3) is 0 Å². The van der Waals surface area contributed by atoms with Crippen LogP contribution in [0.5, 0.6) is 11.5 Å². The van der Waals surface area contributed by atoms with Crippen LogP contribution < -0.4 is 20.5 Å². The van der Waals surface area contributed by atoms with Crippen molar-refractivity contribution in [2.75, 3.05) is 13.4 Å². The molecule has 4 atom stereocenters. The van der Waals surface area contributed by atoms with E-state index in [-0.39, 0.29) is 50.0 Å². The van der Waals surface area contributed by atoms with Crippen LogP contribution in [-0.2, 0) is 16.1 Å². The molecule has 0 saturated carbocycles. The van der Waals surface area contributed by atoms with Crippen molar-refractivity contribution in [2.45, 2.75) is 18.6 Å². The lowest BCUT2D eigenvalue weighted by atomic mass is 9.86. The lowest BCUT2D eigenvalue weighted by Crippen LogP contribution is -2.40. The average molecular weight is 459 g/mol. The van der Waals surface area contributed by atoms with Crippen LogP contribution in [0.4, 0.5) is 0 Å². The van der Waals surface area contributed by atoms with E-state index in [9.17, 15) is 14.7 Å². The van der Waals surface area contributed by atoms with Crippen molar-refractivity contribution in [3.8, 4) is 11.5 Å². The zero-order chi connectivity index (χ0) is 21.7. The first-order valence-corrected chi connectivity index (χ1v) is 10.0. The van der Waals surface area contributed by atoms with Gasteiger partial charge in [0.2, 0.25) is 18.6 Å². The summed E-state index contributed by atoms with van der Waals surface area (Å²) in [6.07, 6.45) is 0. The fourth-order valence-electron chi connectivity index (χ4n) is 4.70. The molecule has 3 heterocycles. The Balaban J connectivity index is 0.00000245. The molecule has 0 radical (unpaired) electrons. The number of hydrogen-bond donors (Lipinski definition) is 4. The number of hydrogen-bond acceptors (Lipinski definition) is 7. The van der Waals surface area contributed by atoms with Gasteiger partial charge in [0, 0.05) is 17.6 Å². The minimum absolute atomic E-state index is 0. The van der Waals surface area contributed by atoms with E-state index in [1.54, 1.807) is 36.4 Å². The monoisotopic (exact) mass is 458 g/mol. The molecule has 3 aliphatic rings. The first-order valence-electron chi connectivity index (χ1n) is 10.0. The number of carbonyl (C=O) groups excluding carboxylic acids is 2. The van der Waals surface area contributed by atoms with E-state index >= 15 is 0 Å². The summed E-state index contributed by atoms with van der Waals surface area (Å²) >= 11 is 0. The van der Waals surface area contributed by atoms with Gasteiger partial charge in [-0.15, -0.1) is 12.4 Å². The van der Waals surface area contributed by atoms with Gasteiger partial charge in [-0.25, -0.2) is 0 Å². The molecular formula is C22H23ClN4O5. The fourth-order valence-corrected chi connectivity index (χ4v) is 4.70. The van der Waals surface area contributed by atoms with Crippen LogP contribution in [0.25, 0.3) is 0 Å². The molecule has 5 rings (SSSR count). The van der Waals surface area contributed by atoms with Crippen LogP contribution >= 0.6 is 12.4 Å². The highest BCUT2D eigenvalue weighted by atomic mass is 35.5. The number of ether oxygens (including phenoxy) is 2. The topological polar surface area (TPSA) is 138 Å². The normalized spacial score (nSPS) is 25.6. The van der Waals surface area contributed by atoms with E-state index < -0.39 is 23.9 Å². The fraction of sp³-hybridized carbons (Fsp3) is 0.318. The number of halogens is 1. The molecule has 3 aliphatic heterocycles. The highest BCUT2D eigenvalue weighted by Gasteiger charge is 2.58. The number of amidine groups is 1. The summed E-state index contributed by atoms with van der Waals surface area (Å²) in [5.41, 5.74) is 7.68. The Labute approximate surface area is 190 Å². The maximum atomic E-state index is 13.3. The molecule has 2 fully saturated rings. The second kappa shape index (κ2) is 8.42. The number of fused-ring (bicyclic) bond motifs is 2. The summed E-state index contributed by atoms with van der Waals surface area (Å²) in [6.45, 7) is 0.0357. The second-order valence-electron chi connectivity index (χ2n) is 7.97. The standard InChI is InChI=1S/C22H22N4O5.ClH/c23-20(24)13-4-2-12(3-5-13)19-18-17(14(9-27)25-19)21(28)26(22(18)29)8-11-1-6-15-16(7-11)31-10-30-15;/h1-7,14,17-19,25,27H,8-10H2,(H3,23,24);1H. The van der Waals surface area contributed by atoms with Gasteiger partial charge in [-0.05, 0) is 23.3 Å². The van der Waals surface area contributed by atoms with Gasteiger partial charge in [0.05, 0.1) is 25.0 Å². The Morgan fingerprint density at radius 3 is 2.47 bits per heavy atom. The first kappa shape index (κ1) is 22.1. The van der Waals surface area contributed by atoms with Crippen molar-refractivity contribution in [1.29, 1.82) is 5.41 Å². The molecule has 2 aromatic rings. The third kappa shape index (κ3) is 3.48. The summed E-state index contributed by atoms with van der Waals surface area (Å²) in [4.78, 5) is 27.8. The van der Waals surface area contributed by atoms with Gasteiger partial charge in [-0.1, -0.05) is 30.3 Å². The first-order chi connectivity index (χ1) is 15.0. The largest absolute Gasteiger partial charge is 0.454 e. The van der Waals surface area contributed by atoms with E-state index in [1.165, 1.54) is 4.90 Å². The van der Waals surface area contributed by atoms with E-state index in [2.05, 4.69) is 5.32 Å². The van der Waals surface area contributed by atoms with E-state index in [4.69, 9.17) is 20.6 Å². The van der Waals surface area contributed by atoms with Gasteiger partial charge in [0.15, 0.2) is 11.5 Å². The highest BCUT2D eigenvalue weighted by molar-refractivity contribution is 6.06. The maximum Gasteiger partial charge on any atom is 0.235 e. The number of rotatable bonds is 5. The van der Waals surface area contributed by atoms with Crippen molar-refractivity contribution < 1.29 is 24.2 Å². The molecule has 5 N–H and O–H groups in total. The minimum atomic E-state index is -0.635. The molecule has 9 nitrogen and oxygen atoms in total. The zero-order valence-electron chi connectivity index (χ0n) is 17.0. The van der Waals surface area contributed by atoms with Gasteiger partial charge in [-0.3, -0.25) is 19.9 Å². The second-order valence-corrected chi connectivity index (χ2v) is 7.97. The Bertz CT molecular complexity index is 1080. The Morgan fingerprint density at radius 2 is 1.78 bits per heavy atom. The quantitative estimate of drug-likeness (QED) is 0.297. The van der Waals surface area contributed by atoms with Crippen LogP contribution in [-0.4, -0.2) is 47.1 Å². The Hall–Kier alpha value is -3.14. The average Bonchev–Trinajstić information content (AvgIpc) is 3.45. The summed E-state index contributed by atoms with van der Waals surface area (Å²) in [6, 6.07) is 11.4. The number of nitrogens with one attached hydrogen (secondary N) is 2. The van der Waals surface area contributed by atoms with Crippen molar-refractivity contribution in [3.63, 3.8) is 0 Å². The van der Waals surface area contributed by atoms with E-state index in [0.717, 1.165) is 11.1 Å². The van der Waals surface area contributed by atoms with Gasteiger partial charge < -0.3 is 25.6 Å². The number of nitrogens with zero attached hydrogens (tertiary/aromatic N) is 1. The predicted octanol–water partition coefficient (Wildman–Crippen LogP) is 0.928. The summed E-state index contributed by atoms with van der Waals surface area (Å²) in [5.74, 6) is -0.614. The number of carbonyl (C=O) groups is 2. The van der Waals surface area contributed by atoms with Crippen molar-refractivity contribution >= 4 is 30.1 Å². The molecule has 2 aromatic carbocycles. The zero-order valence-corrected chi connectivity index (χ0v) is 17.8. The van der Waals surface area contributed by atoms with Crippen LogP contribution in [0.3, 0.4) is 0 Å². The number of benzene rings is 2. The molecule has 4 unspecified atom stereocenters. The molecule has 168 valence electrons. The lowest BCUT2D eigenvalue weighted by molar-refractivity contribution is -0.141. The number of nitrogens with two attached hydrogens (primary N) is 1. The SMILES string of the molecule is Cl.N=C(N)c1ccc(C2NC(CO)C3C(=O)N(Cc4ccc5c(c4)OCO5)C(=O)C23)cc1. The molecular weight excluding hydrogens is 436 g/mol. The van der Waals surface area contributed by atoms with Crippen LogP contribution in [0.15, 0.2) is 42.5 Å². The molecule has 2 amide bonds. The van der Waals surface area contributed by atoms with Gasteiger partial charge in [0.1, 0.15) is 5.84 Å². The number of nitrogen functional groups attached to an aromatic ring is 1. The third-order valence-electron chi connectivity index (χ3n) is 6.23. The predicted molar refractivity (Wildman–Crippen MR) is 117 cm³/mol. The Kier molecular flexibility index (Phi) is 5.81. The number of likely N-dealkylation sites (tertiary alicyclic amines) is 1.